The van der Waals surface area contributed by atoms with E-state index in [0.29, 0.717) is 0 Å². The summed E-state index contributed by atoms with van der Waals surface area (Å²) < 4.78 is 0. The SMILES string of the molecule is CCN(CC)CCC1=NC(C)C(=O)N1. The molecule has 80 valence electrons. The summed E-state index contributed by atoms with van der Waals surface area (Å²) in [6, 6.07) is -0.193. The van der Waals surface area contributed by atoms with Gasteiger partial charge in [-0.25, -0.2) is 0 Å². The van der Waals surface area contributed by atoms with Crippen LogP contribution in [0, 0.1) is 0 Å². The Bertz CT molecular complexity index is 234. The molecule has 1 aliphatic heterocycles. The molecule has 1 aliphatic rings. The van der Waals surface area contributed by atoms with Crippen molar-refractivity contribution in [1.82, 2.24) is 10.2 Å². The van der Waals surface area contributed by atoms with E-state index in [1.54, 1.807) is 0 Å². The molecule has 14 heavy (non-hydrogen) atoms. The maximum absolute atomic E-state index is 11.1. The number of aliphatic imine (C=N–C) groups is 1. The topological polar surface area (TPSA) is 44.7 Å². The molecule has 0 aromatic rings. The number of hydrogen-bond acceptors (Lipinski definition) is 3. The number of hydrogen-bond donors (Lipinski definition) is 1. The largest absolute Gasteiger partial charge is 0.313 e. The normalized spacial score (nSPS) is 21.3. The Morgan fingerprint density at radius 3 is 2.50 bits per heavy atom. The van der Waals surface area contributed by atoms with E-state index in [1.807, 2.05) is 6.92 Å². The van der Waals surface area contributed by atoms with Crippen molar-refractivity contribution in [1.29, 1.82) is 0 Å². The van der Waals surface area contributed by atoms with E-state index in [2.05, 4.69) is 29.1 Å². The highest BCUT2D eigenvalue weighted by atomic mass is 16.2. The minimum atomic E-state index is -0.193. The van der Waals surface area contributed by atoms with E-state index in [1.165, 1.54) is 0 Å². The summed E-state index contributed by atoms with van der Waals surface area (Å²) in [4.78, 5) is 17.7. The molecule has 0 aromatic heterocycles. The number of amidine groups is 1. The lowest BCUT2D eigenvalue weighted by atomic mass is 10.3. The zero-order valence-corrected chi connectivity index (χ0v) is 9.21. The second kappa shape index (κ2) is 5.10. The molecule has 0 radical (unpaired) electrons. The minimum Gasteiger partial charge on any atom is -0.313 e. The number of nitrogens with one attached hydrogen (secondary N) is 1. The van der Waals surface area contributed by atoms with Crippen LogP contribution < -0.4 is 5.32 Å². The highest BCUT2D eigenvalue weighted by Gasteiger charge is 2.21. The Balaban J connectivity index is 2.32. The number of rotatable bonds is 5. The molecular weight excluding hydrogens is 178 g/mol. The van der Waals surface area contributed by atoms with Crippen molar-refractivity contribution in [2.45, 2.75) is 33.2 Å². The lowest BCUT2D eigenvalue weighted by molar-refractivity contribution is -0.119. The van der Waals surface area contributed by atoms with Gasteiger partial charge in [-0.1, -0.05) is 13.8 Å². The third-order valence-corrected chi connectivity index (χ3v) is 2.56. The molecule has 0 aliphatic carbocycles. The van der Waals surface area contributed by atoms with E-state index >= 15 is 0 Å². The minimum absolute atomic E-state index is 0.0274. The molecule has 0 saturated carbocycles. The highest BCUT2D eigenvalue weighted by Crippen LogP contribution is 2.02. The van der Waals surface area contributed by atoms with Gasteiger partial charge < -0.3 is 10.2 Å². The number of carbonyl (C=O) groups is 1. The van der Waals surface area contributed by atoms with E-state index in [9.17, 15) is 4.79 Å². The average Bonchev–Trinajstić information content (AvgIpc) is 2.48. The Morgan fingerprint density at radius 1 is 1.43 bits per heavy atom. The molecule has 1 rings (SSSR count). The van der Waals surface area contributed by atoms with Gasteiger partial charge in [0, 0.05) is 13.0 Å². The number of nitrogens with zero attached hydrogens (tertiary/aromatic N) is 2. The zero-order chi connectivity index (χ0) is 10.6. The summed E-state index contributed by atoms with van der Waals surface area (Å²) >= 11 is 0. The van der Waals surface area contributed by atoms with Crippen molar-refractivity contribution in [2.24, 2.45) is 4.99 Å². The number of carbonyl (C=O) groups excluding carboxylic acids is 1. The van der Waals surface area contributed by atoms with Crippen LogP contribution in [0.25, 0.3) is 0 Å². The van der Waals surface area contributed by atoms with E-state index < -0.39 is 0 Å². The van der Waals surface area contributed by atoms with Crippen LogP contribution >= 0.6 is 0 Å². The van der Waals surface area contributed by atoms with Crippen molar-refractivity contribution in [3.63, 3.8) is 0 Å². The van der Waals surface area contributed by atoms with Crippen LogP contribution in [0.5, 0.6) is 0 Å². The van der Waals surface area contributed by atoms with Gasteiger partial charge in [0.2, 0.25) is 5.91 Å². The van der Waals surface area contributed by atoms with E-state index in [4.69, 9.17) is 0 Å². The van der Waals surface area contributed by atoms with Crippen LogP contribution in [0.3, 0.4) is 0 Å². The first-order valence-corrected chi connectivity index (χ1v) is 5.27. The Kier molecular flexibility index (Phi) is 4.07. The third-order valence-electron chi connectivity index (χ3n) is 2.56. The maximum Gasteiger partial charge on any atom is 0.249 e. The molecule has 0 spiro atoms. The van der Waals surface area contributed by atoms with Crippen molar-refractivity contribution >= 4 is 11.7 Å². The summed E-state index contributed by atoms with van der Waals surface area (Å²) in [7, 11) is 0. The molecule has 1 heterocycles. The van der Waals surface area contributed by atoms with Crippen LogP contribution in [-0.4, -0.2) is 42.3 Å². The fraction of sp³-hybridized carbons (Fsp3) is 0.800. The predicted molar refractivity (Wildman–Crippen MR) is 57.4 cm³/mol. The monoisotopic (exact) mass is 197 g/mol. The van der Waals surface area contributed by atoms with Gasteiger partial charge in [0.05, 0.1) is 0 Å². The van der Waals surface area contributed by atoms with Gasteiger partial charge >= 0.3 is 0 Å². The molecule has 0 fully saturated rings. The third kappa shape index (κ3) is 2.80. The highest BCUT2D eigenvalue weighted by molar-refractivity contribution is 6.05. The molecular formula is C10H19N3O. The molecule has 1 N–H and O–H groups in total. The van der Waals surface area contributed by atoms with Crippen LogP contribution in [0.15, 0.2) is 4.99 Å². The second-order valence-electron chi connectivity index (χ2n) is 3.52. The second-order valence-corrected chi connectivity index (χ2v) is 3.52. The Hall–Kier alpha value is -0.900. The van der Waals surface area contributed by atoms with Gasteiger partial charge in [0.1, 0.15) is 11.9 Å². The molecule has 4 nitrogen and oxygen atoms in total. The molecule has 0 aromatic carbocycles. The summed E-state index contributed by atoms with van der Waals surface area (Å²) in [5.74, 6) is 0.869. The smallest absolute Gasteiger partial charge is 0.249 e. The molecule has 0 bridgehead atoms. The number of amides is 1. The molecule has 0 saturated heterocycles. The predicted octanol–water partition coefficient (Wildman–Crippen LogP) is 0.635. The molecule has 1 amide bonds. The molecule has 4 heteroatoms. The first kappa shape index (κ1) is 11.2. The van der Waals surface area contributed by atoms with Crippen molar-refractivity contribution in [3.8, 4) is 0 Å². The first-order chi connectivity index (χ1) is 6.67. The van der Waals surface area contributed by atoms with E-state index in [-0.39, 0.29) is 11.9 Å². The molecule has 1 atom stereocenters. The van der Waals surface area contributed by atoms with Crippen LogP contribution in [0.4, 0.5) is 0 Å². The maximum atomic E-state index is 11.1. The lowest BCUT2D eigenvalue weighted by Gasteiger charge is -2.17. The van der Waals surface area contributed by atoms with Gasteiger partial charge in [0.25, 0.3) is 0 Å². The Labute approximate surface area is 85.4 Å². The standard InChI is InChI=1S/C10H19N3O/c1-4-13(5-2)7-6-9-11-8(3)10(14)12-9/h8H,4-7H2,1-3H3,(H,11,12,14). The van der Waals surface area contributed by atoms with E-state index in [0.717, 1.165) is 31.9 Å². The average molecular weight is 197 g/mol. The lowest BCUT2D eigenvalue weighted by Crippen LogP contribution is -2.31. The zero-order valence-electron chi connectivity index (χ0n) is 9.21. The van der Waals surface area contributed by atoms with Gasteiger partial charge in [-0.05, 0) is 20.0 Å². The van der Waals surface area contributed by atoms with Crippen molar-refractivity contribution in [2.75, 3.05) is 19.6 Å². The van der Waals surface area contributed by atoms with Crippen LogP contribution in [-0.2, 0) is 4.79 Å². The summed E-state index contributed by atoms with van der Waals surface area (Å²) in [5.41, 5.74) is 0. The van der Waals surface area contributed by atoms with Crippen molar-refractivity contribution < 1.29 is 4.79 Å². The van der Waals surface area contributed by atoms with Gasteiger partial charge in [-0.2, -0.15) is 0 Å². The summed E-state index contributed by atoms with van der Waals surface area (Å²) in [5, 5.41) is 2.79. The van der Waals surface area contributed by atoms with Gasteiger partial charge in [0.15, 0.2) is 0 Å². The summed E-state index contributed by atoms with van der Waals surface area (Å²) in [6.45, 7) is 9.17. The Morgan fingerprint density at radius 2 is 2.07 bits per heavy atom. The van der Waals surface area contributed by atoms with Crippen LogP contribution in [0.2, 0.25) is 0 Å². The van der Waals surface area contributed by atoms with Gasteiger partial charge in [-0.3, -0.25) is 9.79 Å². The van der Waals surface area contributed by atoms with Gasteiger partial charge in [-0.15, -0.1) is 0 Å². The fourth-order valence-electron chi connectivity index (χ4n) is 1.50. The fourth-order valence-corrected chi connectivity index (χ4v) is 1.50. The quantitative estimate of drug-likeness (QED) is 0.702. The van der Waals surface area contributed by atoms with Crippen molar-refractivity contribution in [3.05, 3.63) is 0 Å². The molecule has 1 unspecified atom stereocenters. The van der Waals surface area contributed by atoms with Crippen LogP contribution in [0.1, 0.15) is 27.2 Å². The summed E-state index contributed by atoms with van der Waals surface area (Å²) in [6.07, 6.45) is 0.845. The first-order valence-electron chi connectivity index (χ1n) is 5.27.